The van der Waals surface area contributed by atoms with Gasteiger partial charge in [0.15, 0.2) is 5.90 Å². The van der Waals surface area contributed by atoms with Crippen LogP contribution in [0.2, 0.25) is 0 Å². The van der Waals surface area contributed by atoms with Gasteiger partial charge in [-0.3, -0.25) is 5.41 Å². The lowest BCUT2D eigenvalue weighted by atomic mass is 10.0. The summed E-state index contributed by atoms with van der Waals surface area (Å²) in [4.78, 5) is 0. The number of nitrogens with one attached hydrogen (secondary N) is 1. The molecule has 0 radical (unpaired) electrons. The Bertz CT molecular complexity index is 569. The van der Waals surface area contributed by atoms with Crippen molar-refractivity contribution in [3.63, 3.8) is 0 Å². The van der Waals surface area contributed by atoms with Gasteiger partial charge in [-0.1, -0.05) is 18.2 Å². The predicted molar refractivity (Wildman–Crippen MR) is 75.3 cm³/mol. The third kappa shape index (κ3) is 2.26. The van der Waals surface area contributed by atoms with Crippen molar-refractivity contribution in [2.24, 2.45) is 7.05 Å². The maximum atomic E-state index is 7.50. The van der Waals surface area contributed by atoms with Gasteiger partial charge in [0.1, 0.15) is 0 Å². The van der Waals surface area contributed by atoms with Crippen molar-refractivity contribution in [2.45, 2.75) is 26.2 Å². The standard InChI is InChI=1S/C15H20N2O/c1-11-12(8-6-10-15(16)18-3)13-7-4-5-9-14(13)17(11)2/h4-5,7,9,16H,6,8,10H2,1-3H3. The Morgan fingerprint density at radius 3 is 2.78 bits per heavy atom. The SMILES string of the molecule is COC(=N)CCCc1c(C)n(C)c2ccccc12. The van der Waals surface area contributed by atoms with Gasteiger partial charge < -0.3 is 9.30 Å². The van der Waals surface area contributed by atoms with E-state index in [1.165, 1.54) is 22.2 Å². The smallest absolute Gasteiger partial charge is 0.180 e. The molecule has 0 atom stereocenters. The molecule has 1 aromatic heterocycles. The Hall–Kier alpha value is -1.77. The molecule has 3 heteroatoms. The summed E-state index contributed by atoms with van der Waals surface area (Å²) in [5.74, 6) is 0.368. The summed E-state index contributed by atoms with van der Waals surface area (Å²) in [6, 6.07) is 8.50. The zero-order valence-corrected chi connectivity index (χ0v) is 11.3. The normalized spacial score (nSPS) is 10.8. The lowest BCUT2D eigenvalue weighted by molar-refractivity contribution is 0.384. The van der Waals surface area contributed by atoms with Gasteiger partial charge in [0.25, 0.3) is 0 Å². The number of rotatable bonds is 4. The van der Waals surface area contributed by atoms with Crippen LogP contribution in [0.5, 0.6) is 0 Å². The summed E-state index contributed by atoms with van der Waals surface area (Å²) in [6.45, 7) is 2.16. The number of hydrogen-bond donors (Lipinski definition) is 1. The van der Waals surface area contributed by atoms with Crippen molar-refractivity contribution in [3.05, 3.63) is 35.5 Å². The fourth-order valence-electron chi connectivity index (χ4n) is 2.44. The van der Waals surface area contributed by atoms with Crippen LogP contribution < -0.4 is 0 Å². The van der Waals surface area contributed by atoms with Crippen LogP contribution in [0.4, 0.5) is 0 Å². The first-order chi connectivity index (χ1) is 8.65. The molecule has 0 amide bonds. The molecule has 0 saturated heterocycles. The lowest BCUT2D eigenvalue weighted by Crippen LogP contribution is -2.00. The summed E-state index contributed by atoms with van der Waals surface area (Å²) in [5.41, 5.74) is 4.00. The Labute approximate surface area is 108 Å². The Morgan fingerprint density at radius 1 is 1.33 bits per heavy atom. The van der Waals surface area contributed by atoms with Gasteiger partial charge in [0, 0.05) is 30.1 Å². The second-order valence-corrected chi connectivity index (χ2v) is 4.62. The quantitative estimate of drug-likeness (QED) is 0.649. The molecule has 0 bridgehead atoms. The average Bonchev–Trinajstić information content (AvgIpc) is 2.64. The molecule has 0 aliphatic heterocycles. The zero-order valence-electron chi connectivity index (χ0n) is 11.3. The largest absolute Gasteiger partial charge is 0.484 e. The monoisotopic (exact) mass is 244 g/mol. The van der Waals surface area contributed by atoms with Crippen LogP contribution in [-0.4, -0.2) is 17.6 Å². The highest BCUT2D eigenvalue weighted by atomic mass is 16.5. The summed E-state index contributed by atoms with van der Waals surface area (Å²) >= 11 is 0. The molecule has 1 heterocycles. The van der Waals surface area contributed by atoms with E-state index in [1.807, 2.05) is 0 Å². The second-order valence-electron chi connectivity index (χ2n) is 4.62. The van der Waals surface area contributed by atoms with Crippen molar-refractivity contribution < 1.29 is 4.74 Å². The van der Waals surface area contributed by atoms with E-state index in [2.05, 4.69) is 42.8 Å². The molecule has 1 aromatic carbocycles. The van der Waals surface area contributed by atoms with Crippen molar-refractivity contribution in [1.82, 2.24) is 4.57 Å². The zero-order chi connectivity index (χ0) is 13.1. The van der Waals surface area contributed by atoms with Gasteiger partial charge in [-0.15, -0.1) is 0 Å². The molecular weight excluding hydrogens is 224 g/mol. The molecule has 0 fully saturated rings. The number of methoxy groups -OCH3 is 1. The molecule has 0 saturated carbocycles. The van der Waals surface area contributed by atoms with Crippen molar-refractivity contribution in [2.75, 3.05) is 7.11 Å². The first-order valence-electron chi connectivity index (χ1n) is 6.29. The van der Waals surface area contributed by atoms with Crippen LogP contribution in [0.1, 0.15) is 24.1 Å². The van der Waals surface area contributed by atoms with Crippen molar-refractivity contribution in [3.8, 4) is 0 Å². The number of ether oxygens (including phenoxy) is 1. The number of nitrogens with zero attached hydrogens (tertiary/aromatic N) is 1. The first-order valence-corrected chi connectivity index (χ1v) is 6.29. The summed E-state index contributed by atoms with van der Waals surface area (Å²) < 4.78 is 7.13. The highest BCUT2D eigenvalue weighted by molar-refractivity contribution is 5.85. The van der Waals surface area contributed by atoms with Crippen LogP contribution in [0, 0.1) is 12.3 Å². The van der Waals surface area contributed by atoms with Gasteiger partial charge in [-0.05, 0) is 31.4 Å². The number of benzene rings is 1. The van der Waals surface area contributed by atoms with Gasteiger partial charge >= 0.3 is 0 Å². The number of para-hydroxylation sites is 1. The predicted octanol–water partition coefficient (Wildman–Crippen LogP) is 3.43. The van der Waals surface area contributed by atoms with E-state index in [1.54, 1.807) is 7.11 Å². The van der Waals surface area contributed by atoms with E-state index < -0.39 is 0 Å². The van der Waals surface area contributed by atoms with E-state index in [0.29, 0.717) is 12.3 Å². The fourth-order valence-corrected chi connectivity index (χ4v) is 2.44. The van der Waals surface area contributed by atoms with Gasteiger partial charge in [-0.2, -0.15) is 0 Å². The minimum absolute atomic E-state index is 0.368. The third-order valence-electron chi connectivity index (χ3n) is 3.61. The highest BCUT2D eigenvalue weighted by Crippen LogP contribution is 2.26. The molecular formula is C15H20N2O. The van der Waals surface area contributed by atoms with Crippen LogP contribution in [0.3, 0.4) is 0 Å². The average molecular weight is 244 g/mol. The molecule has 0 unspecified atom stereocenters. The topological polar surface area (TPSA) is 38.0 Å². The third-order valence-corrected chi connectivity index (χ3v) is 3.61. The van der Waals surface area contributed by atoms with E-state index in [0.717, 1.165) is 12.8 Å². The molecule has 0 aliphatic carbocycles. The van der Waals surface area contributed by atoms with Crippen LogP contribution in [-0.2, 0) is 18.2 Å². The first kappa shape index (κ1) is 12.7. The van der Waals surface area contributed by atoms with Crippen LogP contribution in [0.25, 0.3) is 10.9 Å². The lowest BCUT2D eigenvalue weighted by Gasteiger charge is -2.04. The molecule has 2 rings (SSSR count). The Balaban J connectivity index is 2.22. The van der Waals surface area contributed by atoms with Gasteiger partial charge in [-0.25, -0.2) is 0 Å². The highest BCUT2D eigenvalue weighted by Gasteiger charge is 2.11. The van der Waals surface area contributed by atoms with E-state index >= 15 is 0 Å². The number of aryl methyl sites for hydroxylation is 2. The van der Waals surface area contributed by atoms with E-state index in [4.69, 9.17) is 10.1 Å². The van der Waals surface area contributed by atoms with E-state index in [9.17, 15) is 0 Å². The molecule has 3 nitrogen and oxygen atoms in total. The van der Waals surface area contributed by atoms with Gasteiger partial charge in [0.2, 0.25) is 0 Å². The summed E-state index contributed by atoms with van der Waals surface area (Å²) in [6.07, 6.45) is 2.67. The molecule has 0 spiro atoms. The van der Waals surface area contributed by atoms with Crippen LogP contribution in [0.15, 0.2) is 24.3 Å². The second kappa shape index (κ2) is 5.25. The fraction of sp³-hybridized carbons (Fsp3) is 0.400. The maximum Gasteiger partial charge on any atom is 0.180 e. The Morgan fingerprint density at radius 2 is 2.06 bits per heavy atom. The number of hydrogen-bond acceptors (Lipinski definition) is 2. The number of aromatic nitrogens is 1. The van der Waals surface area contributed by atoms with Crippen molar-refractivity contribution in [1.29, 1.82) is 5.41 Å². The minimum Gasteiger partial charge on any atom is -0.484 e. The maximum absolute atomic E-state index is 7.50. The molecule has 1 N–H and O–H groups in total. The minimum atomic E-state index is 0.368. The van der Waals surface area contributed by atoms with Crippen LogP contribution >= 0.6 is 0 Å². The molecule has 18 heavy (non-hydrogen) atoms. The van der Waals surface area contributed by atoms with Gasteiger partial charge in [0.05, 0.1) is 7.11 Å². The Kier molecular flexibility index (Phi) is 3.70. The van der Waals surface area contributed by atoms with E-state index in [-0.39, 0.29) is 0 Å². The molecule has 96 valence electrons. The summed E-state index contributed by atoms with van der Waals surface area (Å²) in [7, 11) is 3.67. The number of fused-ring (bicyclic) bond motifs is 1. The summed E-state index contributed by atoms with van der Waals surface area (Å²) in [5, 5.41) is 8.83. The molecule has 0 aliphatic rings. The van der Waals surface area contributed by atoms with Crippen molar-refractivity contribution >= 4 is 16.8 Å². The molecule has 2 aromatic rings.